The fourth-order valence-corrected chi connectivity index (χ4v) is 5.39. The summed E-state index contributed by atoms with van der Waals surface area (Å²) >= 11 is 0. The van der Waals surface area contributed by atoms with Crippen LogP contribution in [0, 0.1) is 5.92 Å². The first kappa shape index (κ1) is 35.0. The van der Waals surface area contributed by atoms with E-state index in [0.717, 1.165) is 19.1 Å². The van der Waals surface area contributed by atoms with Crippen molar-refractivity contribution in [2.75, 3.05) is 13.2 Å². The van der Waals surface area contributed by atoms with E-state index in [0.29, 0.717) is 0 Å². The summed E-state index contributed by atoms with van der Waals surface area (Å²) in [6.45, 7) is 8.94. The minimum Gasteiger partial charge on any atom is -0.381 e. The summed E-state index contributed by atoms with van der Waals surface area (Å²) in [5.41, 5.74) is 0. The molecule has 0 aromatic rings. The Bertz CT molecular complexity index is 352. The third-order valence-electron chi connectivity index (χ3n) is 7.93. The molecule has 212 valence electrons. The van der Waals surface area contributed by atoms with Crippen LogP contribution in [-0.4, -0.2) is 13.2 Å². The highest BCUT2D eigenvalue weighted by Crippen LogP contribution is 2.20. The van der Waals surface area contributed by atoms with Gasteiger partial charge in [-0.3, -0.25) is 0 Å². The van der Waals surface area contributed by atoms with Crippen molar-refractivity contribution in [2.45, 2.75) is 201 Å². The molecule has 0 aliphatic rings. The lowest BCUT2D eigenvalue weighted by Gasteiger charge is -2.17. The fraction of sp³-hybridized carbons (Fsp3) is 1.00. The van der Waals surface area contributed by atoms with E-state index in [1.165, 1.54) is 180 Å². The van der Waals surface area contributed by atoms with Gasteiger partial charge in [-0.05, 0) is 25.2 Å². The highest BCUT2D eigenvalue weighted by Gasteiger charge is 2.09. The Hall–Kier alpha value is -0.0400. The van der Waals surface area contributed by atoms with E-state index >= 15 is 0 Å². The number of unbranched alkanes of at least 4 members (excludes halogenated alkanes) is 23. The van der Waals surface area contributed by atoms with Crippen LogP contribution in [0.15, 0.2) is 0 Å². The Morgan fingerprint density at radius 2 is 0.629 bits per heavy atom. The number of hydrogen-bond acceptors (Lipinski definition) is 1. The van der Waals surface area contributed by atoms with Crippen LogP contribution in [0.25, 0.3) is 0 Å². The molecule has 0 radical (unpaired) electrons. The van der Waals surface area contributed by atoms with E-state index in [1.54, 1.807) is 0 Å². The first-order chi connectivity index (χ1) is 17.3. The van der Waals surface area contributed by atoms with Gasteiger partial charge < -0.3 is 4.74 Å². The van der Waals surface area contributed by atoms with Crippen molar-refractivity contribution in [2.24, 2.45) is 5.92 Å². The van der Waals surface area contributed by atoms with Gasteiger partial charge in [-0.2, -0.15) is 0 Å². The number of ether oxygens (including phenoxy) is 1. The Kier molecular flexibility index (Phi) is 32.0. The first-order valence-electron chi connectivity index (χ1n) is 16.9. The van der Waals surface area contributed by atoms with Gasteiger partial charge in [0.2, 0.25) is 0 Å². The van der Waals surface area contributed by atoms with Crippen molar-refractivity contribution in [3.05, 3.63) is 0 Å². The van der Waals surface area contributed by atoms with Gasteiger partial charge in [0.15, 0.2) is 0 Å². The molecule has 0 spiro atoms. The Balaban J connectivity index is 3.72. The summed E-state index contributed by atoms with van der Waals surface area (Å²) in [5, 5.41) is 0. The van der Waals surface area contributed by atoms with E-state index in [4.69, 9.17) is 4.74 Å². The molecule has 0 aromatic heterocycles. The van der Waals surface area contributed by atoms with Gasteiger partial charge in [-0.15, -0.1) is 0 Å². The molecule has 0 fully saturated rings. The summed E-state index contributed by atoms with van der Waals surface area (Å²) < 4.78 is 6.17. The summed E-state index contributed by atoms with van der Waals surface area (Å²) in [4.78, 5) is 0. The third-order valence-corrected chi connectivity index (χ3v) is 7.93. The monoisotopic (exact) mass is 495 g/mol. The van der Waals surface area contributed by atoms with Crippen LogP contribution in [-0.2, 0) is 4.74 Å². The van der Waals surface area contributed by atoms with Gasteiger partial charge in [-0.1, -0.05) is 181 Å². The maximum Gasteiger partial charge on any atom is 0.0494 e. The van der Waals surface area contributed by atoms with Crippen molar-refractivity contribution in [1.29, 1.82) is 0 Å². The molecule has 0 saturated heterocycles. The van der Waals surface area contributed by atoms with Crippen LogP contribution in [0.4, 0.5) is 0 Å². The number of hydrogen-bond donors (Lipinski definition) is 0. The summed E-state index contributed by atoms with van der Waals surface area (Å²) in [7, 11) is 0. The van der Waals surface area contributed by atoms with Crippen LogP contribution in [0.1, 0.15) is 201 Å². The van der Waals surface area contributed by atoms with Crippen molar-refractivity contribution in [1.82, 2.24) is 0 Å². The van der Waals surface area contributed by atoms with Crippen molar-refractivity contribution < 1.29 is 4.74 Å². The van der Waals surface area contributed by atoms with Gasteiger partial charge in [0.25, 0.3) is 0 Å². The van der Waals surface area contributed by atoms with E-state index < -0.39 is 0 Å². The molecule has 1 atom stereocenters. The van der Waals surface area contributed by atoms with E-state index in [-0.39, 0.29) is 0 Å². The second-order valence-corrected chi connectivity index (χ2v) is 11.7. The maximum atomic E-state index is 6.17. The van der Waals surface area contributed by atoms with E-state index in [9.17, 15) is 0 Å². The zero-order chi connectivity index (χ0) is 25.5. The summed E-state index contributed by atoms with van der Waals surface area (Å²) in [6, 6.07) is 0. The predicted molar refractivity (Wildman–Crippen MR) is 161 cm³/mol. The Morgan fingerprint density at radius 1 is 0.343 bits per heavy atom. The second-order valence-electron chi connectivity index (χ2n) is 11.7. The zero-order valence-corrected chi connectivity index (χ0v) is 25.2. The standard InChI is InChI=1S/C34H70O/c1-4-7-10-13-16-17-18-19-20-21-22-23-25-28-31-34(30-27-24-14-11-8-5-2)33-35-32-29-26-15-12-9-6-3/h34H,4-33H2,1-3H3. The Labute approximate surface area is 224 Å². The van der Waals surface area contributed by atoms with Gasteiger partial charge in [0.1, 0.15) is 0 Å². The van der Waals surface area contributed by atoms with Crippen molar-refractivity contribution in [3.8, 4) is 0 Å². The molecule has 35 heavy (non-hydrogen) atoms. The number of rotatable bonds is 31. The molecule has 1 unspecified atom stereocenters. The molecule has 0 aromatic carbocycles. The van der Waals surface area contributed by atoms with Gasteiger partial charge in [0.05, 0.1) is 0 Å². The molecule has 0 bridgehead atoms. The Morgan fingerprint density at radius 3 is 0.971 bits per heavy atom. The van der Waals surface area contributed by atoms with Crippen LogP contribution >= 0.6 is 0 Å². The SMILES string of the molecule is CCCCCCCCCCCCCCCCC(CCCCCCCC)COCCCCCCCC. The molecule has 0 rings (SSSR count). The summed E-state index contributed by atoms with van der Waals surface area (Å²) in [5.74, 6) is 0.818. The smallest absolute Gasteiger partial charge is 0.0494 e. The molecule has 0 amide bonds. The minimum atomic E-state index is 0.818. The topological polar surface area (TPSA) is 9.23 Å². The summed E-state index contributed by atoms with van der Waals surface area (Å²) in [6.07, 6.45) is 39.9. The minimum absolute atomic E-state index is 0.818. The molecule has 0 saturated carbocycles. The highest BCUT2D eigenvalue weighted by molar-refractivity contribution is 4.61. The second kappa shape index (κ2) is 32.0. The van der Waals surface area contributed by atoms with Gasteiger partial charge in [-0.25, -0.2) is 0 Å². The molecular formula is C34H70O. The van der Waals surface area contributed by atoms with Crippen LogP contribution in [0.3, 0.4) is 0 Å². The lowest BCUT2D eigenvalue weighted by Crippen LogP contribution is -2.11. The third kappa shape index (κ3) is 30.1. The quantitative estimate of drug-likeness (QED) is 0.0870. The van der Waals surface area contributed by atoms with Gasteiger partial charge >= 0.3 is 0 Å². The van der Waals surface area contributed by atoms with E-state index in [1.807, 2.05) is 0 Å². The lowest BCUT2D eigenvalue weighted by atomic mass is 9.94. The molecule has 1 heteroatoms. The molecule has 1 nitrogen and oxygen atoms in total. The molecule has 0 aliphatic heterocycles. The normalized spacial score (nSPS) is 12.4. The molecule has 0 aliphatic carbocycles. The molecule has 0 N–H and O–H groups in total. The van der Waals surface area contributed by atoms with Crippen LogP contribution < -0.4 is 0 Å². The van der Waals surface area contributed by atoms with Crippen LogP contribution in [0.5, 0.6) is 0 Å². The largest absolute Gasteiger partial charge is 0.381 e. The lowest BCUT2D eigenvalue weighted by molar-refractivity contribution is 0.0878. The van der Waals surface area contributed by atoms with Crippen molar-refractivity contribution >= 4 is 0 Å². The fourth-order valence-electron chi connectivity index (χ4n) is 5.39. The van der Waals surface area contributed by atoms with Gasteiger partial charge in [0, 0.05) is 13.2 Å². The maximum absolute atomic E-state index is 6.17. The predicted octanol–water partition coefficient (Wildman–Crippen LogP) is 12.6. The first-order valence-corrected chi connectivity index (χ1v) is 16.9. The average molecular weight is 495 g/mol. The highest BCUT2D eigenvalue weighted by atomic mass is 16.5. The van der Waals surface area contributed by atoms with Crippen LogP contribution in [0.2, 0.25) is 0 Å². The van der Waals surface area contributed by atoms with Crippen molar-refractivity contribution in [3.63, 3.8) is 0 Å². The molecular weight excluding hydrogens is 424 g/mol. The molecule has 0 heterocycles. The van der Waals surface area contributed by atoms with E-state index in [2.05, 4.69) is 20.8 Å². The average Bonchev–Trinajstić information content (AvgIpc) is 2.87. The zero-order valence-electron chi connectivity index (χ0n) is 25.2.